The lowest BCUT2D eigenvalue weighted by atomic mass is 10.1. The van der Waals surface area contributed by atoms with E-state index in [9.17, 15) is 9.59 Å². The van der Waals surface area contributed by atoms with Gasteiger partial charge < -0.3 is 4.74 Å². The van der Waals surface area contributed by atoms with Crippen LogP contribution >= 0.6 is 11.8 Å². The Labute approximate surface area is 121 Å². The zero-order valence-corrected chi connectivity index (χ0v) is 13.1. The lowest BCUT2D eigenvalue weighted by molar-refractivity contribution is -0.146. The minimum absolute atomic E-state index is 0.105. The van der Waals surface area contributed by atoms with Crippen molar-refractivity contribution < 1.29 is 14.3 Å². The average molecular weight is 286 g/mol. The van der Waals surface area contributed by atoms with E-state index in [0.29, 0.717) is 5.75 Å². The largest absolute Gasteiger partial charge is 0.462 e. The van der Waals surface area contributed by atoms with Crippen LogP contribution in [0.1, 0.15) is 59.3 Å². The zero-order valence-electron chi connectivity index (χ0n) is 12.3. The second-order valence-electron chi connectivity index (χ2n) is 4.56. The molecule has 0 heterocycles. The lowest BCUT2D eigenvalue weighted by Crippen LogP contribution is -2.16. The summed E-state index contributed by atoms with van der Waals surface area (Å²) in [4.78, 5) is 21.9. The van der Waals surface area contributed by atoms with Gasteiger partial charge in [0.25, 0.3) is 0 Å². The van der Waals surface area contributed by atoms with Gasteiger partial charge in [0, 0.05) is 26.0 Å². The number of carbonyl (C=O) groups excluding carboxylic acids is 2. The molecule has 4 heteroatoms. The second-order valence-corrected chi connectivity index (χ2v) is 5.83. The maximum atomic E-state index is 11.0. The number of hydrogen-bond acceptors (Lipinski definition) is 4. The van der Waals surface area contributed by atoms with Crippen LogP contribution in [-0.4, -0.2) is 22.9 Å². The van der Waals surface area contributed by atoms with E-state index in [-0.39, 0.29) is 17.2 Å². The highest BCUT2D eigenvalue weighted by atomic mass is 32.2. The summed E-state index contributed by atoms with van der Waals surface area (Å²) >= 11 is 1.28. The monoisotopic (exact) mass is 286 g/mol. The quantitative estimate of drug-likeness (QED) is 0.344. The van der Waals surface area contributed by atoms with Crippen LogP contribution in [0.5, 0.6) is 0 Å². The maximum absolute atomic E-state index is 11.0. The molecule has 0 bridgehead atoms. The summed E-state index contributed by atoms with van der Waals surface area (Å²) in [6.45, 7) is 5.17. The lowest BCUT2D eigenvalue weighted by Gasteiger charge is -2.14. The van der Waals surface area contributed by atoms with Gasteiger partial charge in [0.1, 0.15) is 6.10 Å². The van der Waals surface area contributed by atoms with Crippen LogP contribution in [0.3, 0.4) is 0 Å². The Balaban J connectivity index is 3.91. The van der Waals surface area contributed by atoms with Gasteiger partial charge >= 0.3 is 5.97 Å². The van der Waals surface area contributed by atoms with Gasteiger partial charge in [0.15, 0.2) is 5.12 Å². The van der Waals surface area contributed by atoms with Crippen LogP contribution in [0.4, 0.5) is 0 Å². The summed E-state index contributed by atoms with van der Waals surface area (Å²) in [7, 11) is 0. The van der Waals surface area contributed by atoms with E-state index < -0.39 is 0 Å². The number of carbonyl (C=O) groups is 2. The van der Waals surface area contributed by atoms with Gasteiger partial charge in [-0.1, -0.05) is 43.7 Å². The molecular formula is C15H26O3S. The molecular weight excluding hydrogens is 260 g/mol. The van der Waals surface area contributed by atoms with Crippen molar-refractivity contribution in [3.63, 3.8) is 0 Å². The molecule has 0 aromatic heterocycles. The Morgan fingerprint density at radius 3 is 2.53 bits per heavy atom. The smallest absolute Gasteiger partial charge is 0.302 e. The molecule has 0 N–H and O–H groups in total. The van der Waals surface area contributed by atoms with Crippen LogP contribution in [0.15, 0.2) is 12.2 Å². The molecule has 0 aliphatic rings. The summed E-state index contributed by atoms with van der Waals surface area (Å²) in [6, 6.07) is 0. The van der Waals surface area contributed by atoms with Crippen molar-refractivity contribution in [3.8, 4) is 0 Å². The molecule has 3 nitrogen and oxygen atoms in total. The van der Waals surface area contributed by atoms with E-state index >= 15 is 0 Å². The maximum Gasteiger partial charge on any atom is 0.302 e. The molecule has 0 aromatic carbocycles. The summed E-state index contributed by atoms with van der Waals surface area (Å²) in [5, 5.41) is 0.108. The predicted molar refractivity (Wildman–Crippen MR) is 81.2 cm³/mol. The highest BCUT2D eigenvalue weighted by molar-refractivity contribution is 8.13. The fourth-order valence-electron chi connectivity index (χ4n) is 1.67. The molecule has 0 aromatic rings. The van der Waals surface area contributed by atoms with Crippen molar-refractivity contribution in [1.29, 1.82) is 0 Å². The van der Waals surface area contributed by atoms with Crippen molar-refractivity contribution in [3.05, 3.63) is 12.2 Å². The second kappa shape index (κ2) is 12.3. The molecule has 0 unspecified atom stereocenters. The van der Waals surface area contributed by atoms with Gasteiger partial charge in [-0.25, -0.2) is 0 Å². The molecule has 0 aliphatic carbocycles. The number of esters is 1. The molecule has 110 valence electrons. The molecule has 0 radical (unpaired) electrons. The number of rotatable bonds is 10. The summed E-state index contributed by atoms with van der Waals surface area (Å²) in [6.07, 6.45) is 10.4. The van der Waals surface area contributed by atoms with Gasteiger partial charge in [0.2, 0.25) is 0 Å². The first-order valence-electron chi connectivity index (χ1n) is 7.01. The number of thioether (sulfide) groups is 1. The first-order valence-corrected chi connectivity index (χ1v) is 8.00. The van der Waals surface area contributed by atoms with Crippen molar-refractivity contribution in [2.24, 2.45) is 0 Å². The average Bonchev–Trinajstić information content (AvgIpc) is 2.32. The number of ether oxygens (including phenoxy) is 1. The van der Waals surface area contributed by atoms with E-state index in [2.05, 4.69) is 19.1 Å². The van der Waals surface area contributed by atoms with Gasteiger partial charge in [-0.05, 0) is 19.3 Å². The Hall–Kier alpha value is -0.770. The molecule has 0 saturated carbocycles. The molecule has 19 heavy (non-hydrogen) atoms. The van der Waals surface area contributed by atoms with Crippen molar-refractivity contribution in [2.45, 2.75) is 65.4 Å². The molecule has 0 rings (SSSR count). The van der Waals surface area contributed by atoms with E-state index in [1.165, 1.54) is 37.9 Å². The first kappa shape index (κ1) is 18.2. The Morgan fingerprint density at radius 1 is 1.21 bits per heavy atom. The third-order valence-electron chi connectivity index (χ3n) is 2.62. The van der Waals surface area contributed by atoms with Gasteiger partial charge in [-0.3, -0.25) is 9.59 Å². The summed E-state index contributed by atoms with van der Waals surface area (Å²) in [5.74, 6) is 0.453. The highest BCUT2D eigenvalue weighted by Gasteiger charge is 2.10. The SMILES string of the molecule is CCCCC/C=C\C[C@H](CCSC(C)=O)OC(C)=O. The minimum Gasteiger partial charge on any atom is -0.462 e. The van der Waals surface area contributed by atoms with Gasteiger partial charge in [0.05, 0.1) is 0 Å². The van der Waals surface area contributed by atoms with Crippen molar-refractivity contribution >= 4 is 22.8 Å². The third-order valence-corrected chi connectivity index (χ3v) is 3.46. The zero-order chi connectivity index (χ0) is 14.5. The fourth-order valence-corrected chi connectivity index (χ4v) is 2.34. The summed E-state index contributed by atoms with van der Waals surface area (Å²) in [5.41, 5.74) is 0. The van der Waals surface area contributed by atoms with E-state index in [4.69, 9.17) is 4.74 Å². The molecule has 0 aliphatic heterocycles. The normalized spacial score (nSPS) is 12.6. The predicted octanol–water partition coefficient (Wildman–Crippen LogP) is 4.11. The van der Waals surface area contributed by atoms with E-state index in [0.717, 1.165) is 19.3 Å². The van der Waals surface area contributed by atoms with Gasteiger partial charge in [-0.15, -0.1) is 0 Å². The topological polar surface area (TPSA) is 43.4 Å². The molecule has 1 atom stereocenters. The molecule has 0 amide bonds. The van der Waals surface area contributed by atoms with Crippen LogP contribution in [-0.2, 0) is 14.3 Å². The first-order chi connectivity index (χ1) is 9.06. The third kappa shape index (κ3) is 13.5. The van der Waals surface area contributed by atoms with Crippen LogP contribution < -0.4 is 0 Å². The highest BCUT2D eigenvalue weighted by Crippen LogP contribution is 2.12. The standard InChI is InChI=1S/C15H26O3S/c1-4-5-6-7-8-9-10-15(18-13(2)16)11-12-19-14(3)17/h8-9,15H,4-7,10-12H2,1-3H3/b9-8-/t15-/m1/s1. The van der Waals surface area contributed by atoms with E-state index in [1.807, 2.05) is 0 Å². The molecule has 0 fully saturated rings. The number of allylic oxidation sites excluding steroid dienone is 1. The molecule has 0 spiro atoms. The van der Waals surface area contributed by atoms with Crippen LogP contribution in [0.25, 0.3) is 0 Å². The Kier molecular flexibility index (Phi) is 11.8. The van der Waals surface area contributed by atoms with Crippen LogP contribution in [0.2, 0.25) is 0 Å². The Bertz CT molecular complexity index is 287. The van der Waals surface area contributed by atoms with Gasteiger partial charge in [-0.2, -0.15) is 0 Å². The minimum atomic E-state index is -0.253. The fraction of sp³-hybridized carbons (Fsp3) is 0.733. The molecule has 0 saturated heterocycles. The van der Waals surface area contributed by atoms with Crippen molar-refractivity contribution in [2.75, 3.05) is 5.75 Å². The van der Waals surface area contributed by atoms with E-state index in [1.54, 1.807) is 6.92 Å². The number of hydrogen-bond donors (Lipinski definition) is 0. The Morgan fingerprint density at radius 2 is 1.95 bits per heavy atom. The number of unbranched alkanes of at least 4 members (excludes halogenated alkanes) is 3. The van der Waals surface area contributed by atoms with Crippen LogP contribution in [0, 0.1) is 0 Å². The van der Waals surface area contributed by atoms with Crippen molar-refractivity contribution in [1.82, 2.24) is 0 Å². The summed E-state index contributed by atoms with van der Waals surface area (Å²) < 4.78 is 5.25.